The van der Waals surface area contributed by atoms with Crippen LogP contribution in [0.4, 0.5) is 22.7 Å². The highest BCUT2D eigenvalue weighted by atomic mass is 35.5. The molecular formula is C49H52ClN7O7S. The molecule has 16 heteroatoms. The first-order valence-corrected chi connectivity index (χ1v) is 24.5. The van der Waals surface area contributed by atoms with Crippen LogP contribution in [0.1, 0.15) is 79.3 Å². The van der Waals surface area contributed by atoms with E-state index in [2.05, 4.69) is 38.1 Å². The topological polar surface area (TPSA) is 172 Å². The van der Waals surface area contributed by atoms with Crippen molar-refractivity contribution in [3.8, 4) is 5.88 Å². The lowest BCUT2D eigenvalue weighted by Crippen LogP contribution is -2.36. The maximum atomic E-state index is 14.3. The summed E-state index contributed by atoms with van der Waals surface area (Å²) in [6.45, 7) is 4.92. The molecule has 338 valence electrons. The quantitative estimate of drug-likeness (QED) is 0.0804. The Morgan fingerprint density at radius 2 is 1.77 bits per heavy atom. The molecule has 2 aromatic heterocycles. The smallest absolute Gasteiger partial charge is 0.293 e. The Labute approximate surface area is 383 Å². The van der Waals surface area contributed by atoms with E-state index in [9.17, 15) is 23.3 Å². The van der Waals surface area contributed by atoms with Crippen molar-refractivity contribution in [3.05, 3.63) is 122 Å². The lowest BCUT2D eigenvalue weighted by atomic mass is 9.59. The van der Waals surface area contributed by atoms with Crippen molar-refractivity contribution in [1.82, 2.24) is 19.6 Å². The molecule has 3 N–H and O–H groups in total. The van der Waals surface area contributed by atoms with Crippen molar-refractivity contribution in [2.45, 2.75) is 62.7 Å². The van der Waals surface area contributed by atoms with Gasteiger partial charge in [0.05, 0.1) is 27.6 Å². The molecule has 1 saturated carbocycles. The van der Waals surface area contributed by atoms with Crippen LogP contribution in [0.15, 0.2) is 95.5 Å². The summed E-state index contributed by atoms with van der Waals surface area (Å²) >= 11 is 6.30. The Bertz CT molecular complexity index is 2830. The van der Waals surface area contributed by atoms with Crippen molar-refractivity contribution in [1.29, 1.82) is 0 Å². The predicted molar refractivity (Wildman–Crippen MR) is 252 cm³/mol. The molecule has 5 aromatic rings. The number of carbonyl (C=O) groups is 1. The van der Waals surface area contributed by atoms with Gasteiger partial charge >= 0.3 is 0 Å². The number of H-pyrrole nitrogens is 1. The second-order valence-corrected chi connectivity index (χ2v) is 20.2. The highest BCUT2D eigenvalue weighted by Crippen LogP contribution is 2.55. The van der Waals surface area contributed by atoms with Gasteiger partial charge in [0.25, 0.3) is 21.6 Å². The van der Waals surface area contributed by atoms with Crippen LogP contribution in [-0.4, -0.2) is 86.7 Å². The van der Waals surface area contributed by atoms with Crippen LogP contribution in [0.25, 0.3) is 22.2 Å². The Kier molecular flexibility index (Phi) is 11.9. The summed E-state index contributed by atoms with van der Waals surface area (Å²) in [5.41, 5.74) is 8.48. The largest absolute Gasteiger partial charge is 0.474 e. The Morgan fingerprint density at radius 3 is 2.52 bits per heavy atom. The average molecular weight is 919 g/mol. The number of nitro benzene ring substituents is 1. The number of nitrogens with zero attached hydrogens (tertiary/aromatic N) is 4. The van der Waals surface area contributed by atoms with Gasteiger partial charge in [-0.05, 0) is 134 Å². The minimum absolute atomic E-state index is 0.116. The second kappa shape index (κ2) is 17.9. The van der Waals surface area contributed by atoms with E-state index < -0.39 is 31.4 Å². The van der Waals surface area contributed by atoms with Crippen LogP contribution in [0.2, 0.25) is 5.02 Å². The Balaban J connectivity index is 0.928. The highest BCUT2D eigenvalue weighted by molar-refractivity contribution is 7.90. The van der Waals surface area contributed by atoms with Crippen LogP contribution >= 0.6 is 11.6 Å². The number of anilines is 3. The molecule has 5 aliphatic rings. The predicted octanol–water partition coefficient (Wildman–Crippen LogP) is 9.51. The molecule has 0 bridgehead atoms. The van der Waals surface area contributed by atoms with Gasteiger partial charge in [0, 0.05) is 62.1 Å². The first kappa shape index (κ1) is 43.2. The van der Waals surface area contributed by atoms with Crippen LogP contribution in [0, 0.1) is 21.4 Å². The van der Waals surface area contributed by atoms with Crippen molar-refractivity contribution in [2.75, 3.05) is 62.8 Å². The maximum Gasteiger partial charge on any atom is 0.293 e. The number of aromatic nitrogens is 2. The zero-order chi connectivity index (χ0) is 44.7. The SMILES string of the molecule is O=C(NS(=O)(=O)c1ccc(NCC2CCOCC2)c([N+](=O)[O-])c1)c1ccc(C2=CCN(CC3=C(c4ccc(Cl)cc4)CC4(CCC4)CC3)CC2)cc1N1CCOc2nc3[nH]ccc3cc21. The standard InChI is InChI=1S/C49H52ClN7O7S/c50-38-5-2-34(3-6-38)41-29-49(16-1-17-49)18-10-37(41)31-55-20-12-33(13-21-55)35-4-8-40(43(26-35)56-22-25-64-48-45(56)27-36-11-19-51-46(36)53-48)47(58)54-65(61,62)39-7-9-42(44(28-39)57(59)60)52-30-32-14-23-63-24-15-32/h2-9,11-12,19,26-28,32,52H,1,10,13-18,20-25,29-31H2,(H,51,53)(H,54,58). The van der Waals surface area contributed by atoms with Gasteiger partial charge in [-0.25, -0.2) is 13.1 Å². The summed E-state index contributed by atoms with van der Waals surface area (Å²) in [5, 5.41) is 16.9. The summed E-state index contributed by atoms with van der Waals surface area (Å²) in [4.78, 5) is 37.8. The molecule has 14 nitrogen and oxygen atoms in total. The number of carbonyl (C=O) groups excluding carboxylic acids is 1. The van der Waals surface area contributed by atoms with Gasteiger partial charge in [-0.1, -0.05) is 47.9 Å². The second-order valence-electron chi connectivity index (χ2n) is 18.1. The highest BCUT2D eigenvalue weighted by Gasteiger charge is 2.41. The number of ether oxygens (including phenoxy) is 2. The molecule has 10 rings (SSSR count). The van der Waals surface area contributed by atoms with E-state index in [-0.39, 0.29) is 23.8 Å². The van der Waals surface area contributed by atoms with E-state index in [0.717, 1.165) is 79.4 Å². The van der Waals surface area contributed by atoms with Crippen LogP contribution in [-0.2, 0) is 14.8 Å². The molecule has 1 amide bonds. The van der Waals surface area contributed by atoms with Gasteiger partial charge in [0.2, 0.25) is 5.88 Å². The maximum absolute atomic E-state index is 14.3. The van der Waals surface area contributed by atoms with Crippen molar-refractivity contribution in [3.63, 3.8) is 0 Å². The monoisotopic (exact) mass is 917 g/mol. The third-order valence-corrected chi connectivity index (χ3v) is 15.7. The number of hydrogen-bond donors (Lipinski definition) is 3. The molecule has 5 heterocycles. The van der Waals surface area contributed by atoms with E-state index in [1.807, 2.05) is 41.3 Å². The molecule has 2 aliphatic carbocycles. The normalized spacial score (nSPS) is 19.0. The Hall–Kier alpha value is -5.74. The number of benzene rings is 3. The molecule has 0 unspecified atom stereocenters. The molecule has 3 aliphatic heterocycles. The Morgan fingerprint density at radius 1 is 0.954 bits per heavy atom. The summed E-state index contributed by atoms with van der Waals surface area (Å²) in [5.74, 6) is -0.207. The van der Waals surface area contributed by atoms with Crippen molar-refractivity contribution < 1.29 is 27.6 Å². The number of hydrogen-bond acceptors (Lipinski definition) is 11. The number of amides is 1. The molecule has 65 heavy (non-hydrogen) atoms. The lowest BCUT2D eigenvalue weighted by Gasteiger charge is -2.47. The number of fused-ring (bicyclic) bond motifs is 2. The third kappa shape index (κ3) is 8.99. The zero-order valence-electron chi connectivity index (χ0n) is 36.1. The van der Waals surface area contributed by atoms with E-state index in [1.165, 1.54) is 54.5 Å². The van der Waals surface area contributed by atoms with Gasteiger partial charge in [-0.3, -0.25) is 19.8 Å². The number of nitrogens with one attached hydrogen (secondary N) is 3. The molecule has 1 saturated heterocycles. The number of aromatic amines is 1. The molecule has 0 atom stereocenters. The van der Waals surface area contributed by atoms with Crippen molar-refractivity contribution in [2.24, 2.45) is 11.3 Å². The van der Waals surface area contributed by atoms with Gasteiger partial charge in [0.15, 0.2) is 0 Å². The van der Waals surface area contributed by atoms with Gasteiger partial charge in [0.1, 0.15) is 23.6 Å². The molecule has 2 fully saturated rings. The van der Waals surface area contributed by atoms with Crippen LogP contribution < -0.4 is 19.7 Å². The number of sulfonamides is 1. The number of rotatable bonds is 12. The third-order valence-electron chi connectivity index (χ3n) is 14.1. The fourth-order valence-electron chi connectivity index (χ4n) is 10.2. The molecule has 1 spiro atoms. The van der Waals surface area contributed by atoms with Gasteiger partial charge < -0.3 is 24.7 Å². The van der Waals surface area contributed by atoms with E-state index in [1.54, 1.807) is 12.3 Å². The van der Waals surface area contributed by atoms with Crippen LogP contribution in [0.3, 0.4) is 0 Å². The summed E-state index contributed by atoms with van der Waals surface area (Å²) in [6, 6.07) is 21.3. The van der Waals surface area contributed by atoms with E-state index in [4.69, 9.17) is 26.1 Å². The van der Waals surface area contributed by atoms with E-state index >= 15 is 0 Å². The van der Waals surface area contributed by atoms with Gasteiger partial charge in [-0.15, -0.1) is 0 Å². The number of pyridine rings is 1. The van der Waals surface area contributed by atoms with Gasteiger partial charge in [-0.2, -0.15) is 4.98 Å². The summed E-state index contributed by atoms with van der Waals surface area (Å²) in [6.07, 6.45) is 13.9. The molecular weight excluding hydrogens is 866 g/mol. The number of allylic oxidation sites excluding steroid dienone is 1. The number of halogens is 1. The molecule has 0 radical (unpaired) electrons. The summed E-state index contributed by atoms with van der Waals surface area (Å²) in [7, 11) is -4.56. The number of nitro groups is 1. The first-order chi connectivity index (χ1) is 31.5. The first-order valence-electron chi connectivity index (χ1n) is 22.6. The molecule has 3 aromatic carbocycles. The van der Waals surface area contributed by atoms with E-state index in [0.29, 0.717) is 54.6 Å². The lowest BCUT2D eigenvalue weighted by molar-refractivity contribution is -0.384. The minimum atomic E-state index is -4.56. The summed E-state index contributed by atoms with van der Waals surface area (Å²) < 4.78 is 41.5. The van der Waals surface area contributed by atoms with Crippen molar-refractivity contribution >= 4 is 72.5 Å². The fourth-order valence-corrected chi connectivity index (χ4v) is 11.3. The minimum Gasteiger partial charge on any atom is -0.474 e. The zero-order valence-corrected chi connectivity index (χ0v) is 37.7. The average Bonchev–Trinajstić information content (AvgIpc) is 3.77. The van der Waals surface area contributed by atoms with Crippen LogP contribution in [0.5, 0.6) is 5.88 Å². The fraction of sp³-hybridized carbons (Fsp3) is 0.388.